The highest BCUT2D eigenvalue weighted by Gasteiger charge is 1.98. The second-order valence-electron chi connectivity index (χ2n) is 5.77. The maximum atomic E-state index is 5.75. The molecule has 3 aromatic carbocycles. The molecule has 0 saturated carbocycles. The summed E-state index contributed by atoms with van der Waals surface area (Å²) in [7, 11) is 0. The van der Waals surface area contributed by atoms with E-state index in [2.05, 4.69) is 66.7 Å². The molecule has 0 fully saturated rings. The van der Waals surface area contributed by atoms with Gasteiger partial charge in [0.25, 0.3) is 0 Å². The molecule has 3 rings (SSSR count). The predicted molar refractivity (Wildman–Crippen MR) is 95.5 cm³/mol. The molecule has 23 heavy (non-hydrogen) atoms. The fourth-order valence-electron chi connectivity index (χ4n) is 2.61. The molecule has 0 N–H and O–H groups in total. The van der Waals surface area contributed by atoms with Crippen molar-refractivity contribution in [3.05, 3.63) is 107 Å². The highest BCUT2D eigenvalue weighted by Crippen LogP contribution is 2.11. The summed E-state index contributed by atoms with van der Waals surface area (Å²) in [5.41, 5.74) is 5.26. The van der Waals surface area contributed by atoms with Crippen LogP contribution >= 0.6 is 0 Å². The fourth-order valence-corrected chi connectivity index (χ4v) is 2.61. The quantitative estimate of drug-likeness (QED) is 0.556. The molecule has 0 radical (unpaired) electrons. The first kappa shape index (κ1) is 15.5. The zero-order valence-electron chi connectivity index (χ0n) is 13.3. The van der Waals surface area contributed by atoms with Gasteiger partial charge in [0.15, 0.2) is 0 Å². The van der Waals surface area contributed by atoms with Crippen molar-refractivity contribution in [2.45, 2.75) is 19.4 Å². The average Bonchev–Trinajstić information content (AvgIpc) is 2.62. The van der Waals surface area contributed by atoms with Crippen molar-refractivity contribution >= 4 is 0 Å². The molecule has 1 nitrogen and oxygen atoms in total. The average molecular weight is 302 g/mol. The van der Waals surface area contributed by atoms with Gasteiger partial charge in [-0.2, -0.15) is 0 Å². The van der Waals surface area contributed by atoms with Crippen LogP contribution in [0.3, 0.4) is 0 Å². The van der Waals surface area contributed by atoms with Crippen molar-refractivity contribution in [3.63, 3.8) is 0 Å². The van der Waals surface area contributed by atoms with Gasteiger partial charge in [0, 0.05) is 0 Å². The normalized spacial score (nSPS) is 10.6. The third-order valence-electron chi connectivity index (χ3n) is 3.92. The first-order valence-corrected chi connectivity index (χ1v) is 8.13. The van der Waals surface area contributed by atoms with Gasteiger partial charge >= 0.3 is 0 Å². The Morgan fingerprint density at radius 1 is 0.522 bits per heavy atom. The minimum atomic E-state index is 0.687. The van der Waals surface area contributed by atoms with Crippen LogP contribution in [0, 0.1) is 0 Å². The van der Waals surface area contributed by atoms with E-state index in [0.29, 0.717) is 6.61 Å². The molecule has 0 bridgehead atoms. The highest BCUT2D eigenvalue weighted by atomic mass is 16.5. The number of rotatable bonds is 7. The second-order valence-corrected chi connectivity index (χ2v) is 5.77. The Balaban J connectivity index is 1.44. The number of hydrogen-bond acceptors (Lipinski definition) is 1. The topological polar surface area (TPSA) is 9.23 Å². The Hall–Kier alpha value is -2.38. The van der Waals surface area contributed by atoms with Gasteiger partial charge in [-0.3, -0.25) is 0 Å². The van der Waals surface area contributed by atoms with Crippen molar-refractivity contribution < 1.29 is 4.74 Å². The zero-order chi connectivity index (χ0) is 15.7. The second kappa shape index (κ2) is 8.30. The molecule has 0 spiro atoms. The van der Waals surface area contributed by atoms with Gasteiger partial charge < -0.3 is 4.74 Å². The van der Waals surface area contributed by atoms with Crippen molar-refractivity contribution in [1.29, 1.82) is 0 Å². The van der Waals surface area contributed by atoms with Gasteiger partial charge in [-0.15, -0.1) is 0 Å². The fraction of sp³-hybridized carbons (Fsp3) is 0.182. The number of benzene rings is 3. The van der Waals surface area contributed by atoms with Crippen molar-refractivity contribution in [2.75, 3.05) is 6.61 Å². The Morgan fingerprint density at radius 2 is 1.04 bits per heavy atom. The Morgan fingerprint density at radius 3 is 1.70 bits per heavy atom. The largest absolute Gasteiger partial charge is 0.376 e. The molecular weight excluding hydrogens is 280 g/mol. The minimum Gasteiger partial charge on any atom is -0.376 e. The molecule has 0 atom stereocenters. The van der Waals surface area contributed by atoms with Crippen LogP contribution in [0.5, 0.6) is 0 Å². The van der Waals surface area contributed by atoms with Gasteiger partial charge in [0.1, 0.15) is 0 Å². The summed E-state index contributed by atoms with van der Waals surface area (Å²) in [5, 5.41) is 0. The lowest BCUT2D eigenvalue weighted by Crippen LogP contribution is -1.99. The third kappa shape index (κ3) is 5.08. The maximum absolute atomic E-state index is 5.75. The van der Waals surface area contributed by atoms with Crippen LogP contribution in [-0.4, -0.2) is 6.61 Å². The van der Waals surface area contributed by atoms with Crippen LogP contribution in [0.4, 0.5) is 0 Å². The van der Waals surface area contributed by atoms with Crippen LogP contribution in [0.25, 0.3) is 0 Å². The molecular formula is C22H22O. The molecule has 0 saturated heterocycles. The van der Waals surface area contributed by atoms with Crippen molar-refractivity contribution in [2.24, 2.45) is 0 Å². The molecule has 0 heterocycles. The van der Waals surface area contributed by atoms with E-state index < -0.39 is 0 Å². The predicted octanol–water partition coefficient (Wildman–Crippen LogP) is 5.04. The summed E-state index contributed by atoms with van der Waals surface area (Å²) >= 11 is 0. The lowest BCUT2D eigenvalue weighted by atomic mass is 10.0. The molecule has 0 unspecified atom stereocenters. The molecule has 0 aliphatic heterocycles. The van der Waals surface area contributed by atoms with Crippen LogP contribution < -0.4 is 0 Å². The van der Waals surface area contributed by atoms with Crippen LogP contribution in [0.1, 0.15) is 22.3 Å². The van der Waals surface area contributed by atoms with Crippen LogP contribution in [0.2, 0.25) is 0 Å². The molecule has 0 aliphatic rings. The van der Waals surface area contributed by atoms with Gasteiger partial charge in [-0.05, 0) is 35.1 Å². The maximum Gasteiger partial charge on any atom is 0.0717 e. The summed E-state index contributed by atoms with van der Waals surface area (Å²) in [4.78, 5) is 0. The molecule has 0 aliphatic carbocycles. The van der Waals surface area contributed by atoms with Gasteiger partial charge in [-0.1, -0.05) is 84.9 Å². The smallest absolute Gasteiger partial charge is 0.0717 e. The summed E-state index contributed by atoms with van der Waals surface area (Å²) in [6.07, 6.45) is 1.95. The van der Waals surface area contributed by atoms with Crippen molar-refractivity contribution in [1.82, 2.24) is 0 Å². The highest BCUT2D eigenvalue weighted by molar-refractivity contribution is 5.28. The van der Waals surface area contributed by atoms with E-state index in [4.69, 9.17) is 4.74 Å². The monoisotopic (exact) mass is 302 g/mol. The third-order valence-corrected chi connectivity index (χ3v) is 3.92. The molecule has 0 aromatic heterocycles. The Bertz CT molecular complexity index is 687. The SMILES string of the molecule is c1ccc(COCCc2ccc(Cc3ccccc3)cc2)cc1. The van der Waals surface area contributed by atoms with E-state index >= 15 is 0 Å². The molecule has 0 amide bonds. The molecule has 116 valence electrons. The van der Waals surface area contributed by atoms with E-state index in [1.165, 1.54) is 22.3 Å². The zero-order valence-corrected chi connectivity index (χ0v) is 13.3. The summed E-state index contributed by atoms with van der Waals surface area (Å²) in [5.74, 6) is 0. The number of ether oxygens (including phenoxy) is 1. The van der Waals surface area contributed by atoms with E-state index in [1.807, 2.05) is 18.2 Å². The Labute approximate surface area is 138 Å². The minimum absolute atomic E-state index is 0.687. The van der Waals surface area contributed by atoms with Crippen molar-refractivity contribution in [3.8, 4) is 0 Å². The summed E-state index contributed by atoms with van der Waals surface area (Å²) in [6, 6.07) is 29.8. The molecule has 1 heteroatoms. The van der Waals surface area contributed by atoms with Gasteiger partial charge in [-0.25, -0.2) is 0 Å². The van der Waals surface area contributed by atoms with Gasteiger partial charge in [0.05, 0.1) is 13.2 Å². The first-order valence-electron chi connectivity index (χ1n) is 8.13. The van der Waals surface area contributed by atoms with E-state index in [0.717, 1.165) is 19.4 Å². The summed E-state index contributed by atoms with van der Waals surface area (Å²) in [6.45, 7) is 1.44. The lowest BCUT2D eigenvalue weighted by Gasteiger charge is -2.06. The van der Waals surface area contributed by atoms with Gasteiger partial charge in [0.2, 0.25) is 0 Å². The summed E-state index contributed by atoms with van der Waals surface area (Å²) < 4.78 is 5.75. The Kier molecular flexibility index (Phi) is 5.60. The van der Waals surface area contributed by atoms with E-state index in [1.54, 1.807) is 0 Å². The first-order chi connectivity index (χ1) is 11.4. The van der Waals surface area contributed by atoms with Crippen LogP contribution in [-0.2, 0) is 24.2 Å². The standard InChI is InChI=1S/C22H22O/c1-3-7-20(8-4-1)17-21-13-11-19(12-14-21)15-16-23-18-22-9-5-2-6-10-22/h1-14H,15-18H2. The lowest BCUT2D eigenvalue weighted by molar-refractivity contribution is 0.124. The van der Waals surface area contributed by atoms with E-state index in [9.17, 15) is 0 Å². The van der Waals surface area contributed by atoms with Crippen LogP contribution in [0.15, 0.2) is 84.9 Å². The molecule has 3 aromatic rings. The number of hydrogen-bond donors (Lipinski definition) is 0. The van der Waals surface area contributed by atoms with E-state index in [-0.39, 0.29) is 0 Å².